The number of H-pyrrole nitrogens is 2. The van der Waals surface area contributed by atoms with E-state index in [4.69, 9.17) is 31.9 Å². The van der Waals surface area contributed by atoms with Gasteiger partial charge in [-0.05, 0) is 37.1 Å². The minimum Gasteiger partial charge on any atom is -0.550 e. The summed E-state index contributed by atoms with van der Waals surface area (Å²) in [4.78, 5) is 62.5. The zero-order valence-corrected chi connectivity index (χ0v) is 24.1. The van der Waals surface area contributed by atoms with Crippen molar-refractivity contribution >= 4 is 69.0 Å². The molecule has 0 aliphatic rings. The first kappa shape index (κ1) is 38.7. The molecule has 0 aliphatic carbocycles. The fraction of sp³-hybridized carbons (Fsp3) is 0.172. The molecule has 4 aromatic rings. The lowest BCUT2D eigenvalue weighted by Crippen LogP contribution is -2.24. The zero-order chi connectivity index (χ0) is 34.7. The first-order valence-electron chi connectivity index (χ1n) is 12.5. The van der Waals surface area contributed by atoms with E-state index >= 15 is 0 Å². The number of nitrogens with two attached hydrogens (primary N) is 2. The highest BCUT2D eigenvalue weighted by Crippen LogP contribution is 2.21. The van der Waals surface area contributed by atoms with Gasteiger partial charge in [0.15, 0.2) is 12.4 Å². The largest absolute Gasteiger partial charge is 0.550 e. The highest BCUT2D eigenvalue weighted by atomic mass is 16.4. The third-order valence-corrected chi connectivity index (χ3v) is 5.10. The summed E-state index contributed by atoms with van der Waals surface area (Å²) in [6.07, 6.45) is 1.16. The fourth-order valence-corrected chi connectivity index (χ4v) is 3.04. The van der Waals surface area contributed by atoms with Gasteiger partial charge in [0.2, 0.25) is 11.0 Å². The van der Waals surface area contributed by atoms with Crippen LogP contribution in [0.15, 0.2) is 60.9 Å². The minimum absolute atomic E-state index is 0.806. The second-order valence-corrected chi connectivity index (χ2v) is 8.70. The van der Waals surface area contributed by atoms with Gasteiger partial charge >= 0.3 is 23.9 Å². The summed E-state index contributed by atoms with van der Waals surface area (Å²) >= 11 is 0. The SMILES string of the molecule is Cc1ccc2[nH+]cccc2c1N.Cc1ccc2[nH+]cccc2c1N.O=C(O)CC(=O)O.O=C([O-])CC(=O)O.O=C([O-])CC(=O)O. The standard InChI is InChI=1S/2C10H10N2.3C3H4O4/c2*1-7-4-5-9-8(10(7)11)3-2-6-12-9;3*4-2(5)1-3(6)7/h2*2-6H,11H2,1H3;3*1H2,(H,4,5)(H,6,7). The number of benzene rings is 2. The van der Waals surface area contributed by atoms with Crippen molar-refractivity contribution in [2.24, 2.45) is 0 Å². The molecule has 4 rings (SSSR count). The zero-order valence-electron chi connectivity index (χ0n) is 24.1. The number of nitrogen functional groups attached to an aromatic ring is 2. The van der Waals surface area contributed by atoms with E-state index in [1.807, 2.05) is 74.8 Å². The Kier molecular flexibility index (Phi) is 17.0. The Balaban J connectivity index is 0.000000555. The Bertz CT molecular complexity index is 1480. The maximum Gasteiger partial charge on any atom is 0.314 e. The molecule has 16 heteroatoms. The second kappa shape index (κ2) is 19.7. The Morgan fingerprint density at radius 3 is 1.11 bits per heavy atom. The monoisotopic (exact) mass is 628 g/mol. The highest BCUT2D eigenvalue weighted by molar-refractivity contribution is 5.91. The molecule has 240 valence electrons. The molecule has 0 unspecified atom stereocenters. The van der Waals surface area contributed by atoms with Crippen LogP contribution in [0.4, 0.5) is 11.4 Å². The number of pyridine rings is 2. The van der Waals surface area contributed by atoms with Crippen LogP contribution in [0.25, 0.3) is 21.8 Å². The van der Waals surface area contributed by atoms with Crippen molar-refractivity contribution in [3.63, 3.8) is 0 Å². The van der Waals surface area contributed by atoms with Crippen molar-refractivity contribution in [1.82, 2.24) is 0 Å². The van der Waals surface area contributed by atoms with Crippen LogP contribution in [-0.2, 0) is 28.8 Å². The number of aromatic nitrogens is 2. The molecule has 0 bridgehead atoms. The van der Waals surface area contributed by atoms with Gasteiger partial charge in [0, 0.05) is 35.6 Å². The predicted octanol–water partition coefficient (Wildman–Crippen LogP) is -0.943. The summed E-state index contributed by atoms with van der Waals surface area (Å²) in [6.45, 7) is 4.03. The number of nitrogens with one attached hydrogen (secondary N) is 2. The molecule has 0 spiro atoms. The van der Waals surface area contributed by atoms with Crippen LogP contribution >= 0.6 is 0 Å². The molecule has 0 radical (unpaired) electrons. The van der Waals surface area contributed by atoms with Crippen molar-refractivity contribution in [1.29, 1.82) is 0 Å². The molecule has 16 nitrogen and oxygen atoms in total. The lowest BCUT2D eigenvalue weighted by molar-refractivity contribution is -0.345. The summed E-state index contributed by atoms with van der Waals surface area (Å²) < 4.78 is 0. The van der Waals surface area contributed by atoms with Crippen molar-refractivity contribution in [2.75, 3.05) is 11.5 Å². The molecule has 10 N–H and O–H groups in total. The average Bonchev–Trinajstić information content (AvgIpc) is 2.92. The number of hydrogen-bond acceptors (Lipinski definition) is 10. The number of aliphatic carboxylic acids is 6. The summed E-state index contributed by atoms with van der Waals surface area (Å²) in [7, 11) is 0. The molecule has 0 saturated carbocycles. The normalized spacial score (nSPS) is 9.29. The van der Waals surface area contributed by atoms with Gasteiger partial charge in [0.25, 0.3) is 0 Å². The molecular formula is C29H32N4O12. The summed E-state index contributed by atoms with van der Waals surface area (Å²) in [6, 6.07) is 16.1. The Morgan fingerprint density at radius 2 is 0.889 bits per heavy atom. The molecule has 0 atom stereocenters. The first-order valence-corrected chi connectivity index (χ1v) is 12.5. The van der Waals surface area contributed by atoms with Gasteiger partial charge in [-0.15, -0.1) is 0 Å². The van der Waals surface area contributed by atoms with Gasteiger partial charge in [-0.1, -0.05) is 12.1 Å². The third-order valence-electron chi connectivity index (χ3n) is 5.10. The van der Waals surface area contributed by atoms with Gasteiger partial charge in [-0.25, -0.2) is 9.97 Å². The van der Waals surface area contributed by atoms with E-state index in [0.717, 1.165) is 44.3 Å². The van der Waals surface area contributed by atoms with Gasteiger partial charge in [-0.2, -0.15) is 0 Å². The van der Waals surface area contributed by atoms with E-state index in [9.17, 15) is 39.0 Å². The van der Waals surface area contributed by atoms with Gasteiger partial charge in [0.05, 0.1) is 35.6 Å². The number of carbonyl (C=O) groups excluding carboxylic acids is 2. The van der Waals surface area contributed by atoms with Crippen LogP contribution < -0.4 is 31.6 Å². The number of fused-ring (bicyclic) bond motifs is 2. The number of carbonyl (C=O) groups is 6. The number of aryl methyl sites for hydroxylation is 2. The molecule has 0 fully saturated rings. The topological polar surface area (TPSA) is 310 Å². The minimum atomic E-state index is -1.56. The lowest BCUT2D eigenvalue weighted by atomic mass is 10.1. The van der Waals surface area contributed by atoms with Gasteiger partial charge in [-0.3, -0.25) is 19.2 Å². The molecule has 0 aliphatic heterocycles. The number of carboxylic acid groups (broad SMARTS) is 6. The van der Waals surface area contributed by atoms with Crippen LogP contribution in [0.2, 0.25) is 0 Å². The smallest absolute Gasteiger partial charge is 0.314 e. The second-order valence-electron chi connectivity index (χ2n) is 8.70. The van der Waals surface area contributed by atoms with Crippen LogP contribution in [0.3, 0.4) is 0 Å². The molecule has 45 heavy (non-hydrogen) atoms. The van der Waals surface area contributed by atoms with E-state index in [1.165, 1.54) is 0 Å². The highest BCUT2D eigenvalue weighted by Gasteiger charge is 2.05. The Labute approximate surface area is 255 Å². The van der Waals surface area contributed by atoms with E-state index in [1.54, 1.807) is 0 Å². The molecule has 0 amide bonds. The van der Waals surface area contributed by atoms with Crippen LogP contribution in [0, 0.1) is 13.8 Å². The van der Waals surface area contributed by atoms with E-state index < -0.39 is 55.1 Å². The summed E-state index contributed by atoms with van der Waals surface area (Å²) in [5, 5.41) is 51.6. The van der Waals surface area contributed by atoms with Crippen LogP contribution in [0.5, 0.6) is 0 Å². The molecule has 2 aromatic carbocycles. The van der Waals surface area contributed by atoms with E-state index in [-0.39, 0.29) is 0 Å². The molecule has 0 saturated heterocycles. The quantitative estimate of drug-likeness (QED) is 0.111. The Morgan fingerprint density at radius 1 is 0.578 bits per heavy atom. The van der Waals surface area contributed by atoms with E-state index in [0.29, 0.717) is 0 Å². The van der Waals surface area contributed by atoms with E-state index in [2.05, 4.69) is 9.97 Å². The van der Waals surface area contributed by atoms with Crippen LogP contribution in [0.1, 0.15) is 30.4 Å². The summed E-state index contributed by atoms with van der Waals surface area (Å²) in [5.41, 5.74) is 17.9. The lowest BCUT2D eigenvalue weighted by Gasteiger charge is -1.99. The Hall–Kier alpha value is -6.32. The summed E-state index contributed by atoms with van der Waals surface area (Å²) in [5.74, 6) is -8.50. The maximum absolute atomic E-state index is 9.43. The molecule has 2 aromatic heterocycles. The number of hydrogen-bond donors (Lipinski definition) is 6. The molecular weight excluding hydrogens is 596 g/mol. The van der Waals surface area contributed by atoms with Crippen molar-refractivity contribution in [2.45, 2.75) is 33.1 Å². The van der Waals surface area contributed by atoms with Crippen LogP contribution in [-0.4, -0.2) is 56.2 Å². The maximum atomic E-state index is 9.43. The predicted molar refractivity (Wildman–Crippen MR) is 154 cm³/mol. The van der Waals surface area contributed by atoms with Gasteiger partial charge < -0.3 is 51.7 Å². The number of anilines is 2. The molecule has 2 heterocycles. The average molecular weight is 629 g/mol. The van der Waals surface area contributed by atoms with Crippen molar-refractivity contribution in [3.8, 4) is 0 Å². The number of carboxylic acids is 6. The number of aromatic amines is 2. The fourth-order valence-electron chi connectivity index (χ4n) is 3.04. The van der Waals surface area contributed by atoms with Crippen molar-refractivity contribution in [3.05, 3.63) is 72.1 Å². The van der Waals surface area contributed by atoms with Crippen molar-refractivity contribution < 1.29 is 69.4 Å². The number of rotatable bonds is 6. The first-order chi connectivity index (χ1) is 21.0. The van der Waals surface area contributed by atoms with Gasteiger partial charge in [0.1, 0.15) is 6.42 Å². The third kappa shape index (κ3) is 16.6.